The van der Waals surface area contributed by atoms with E-state index in [1.807, 2.05) is 0 Å². The zero-order chi connectivity index (χ0) is 16.1. The Labute approximate surface area is 126 Å². The van der Waals surface area contributed by atoms with Gasteiger partial charge in [-0.3, -0.25) is 9.79 Å². The summed E-state index contributed by atoms with van der Waals surface area (Å²) in [6.45, 7) is -0.284. The van der Waals surface area contributed by atoms with Crippen molar-refractivity contribution in [2.75, 3.05) is 13.7 Å². The summed E-state index contributed by atoms with van der Waals surface area (Å²) in [5, 5.41) is 19.2. The molecule has 0 spiro atoms. The summed E-state index contributed by atoms with van der Waals surface area (Å²) in [5.74, 6) is -0.920. The van der Waals surface area contributed by atoms with Gasteiger partial charge in [0.1, 0.15) is 29.6 Å². The molecule has 114 valence electrons. The number of hydrogen-bond donors (Lipinski definition) is 2. The zero-order valence-electron chi connectivity index (χ0n) is 11.8. The maximum atomic E-state index is 13.1. The third kappa shape index (κ3) is 3.60. The normalized spacial score (nSPS) is 10.8. The van der Waals surface area contributed by atoms with E-state index in [0.717, 1.165) is 18.2 Å². The molecule has 0 bridgehead atoms. The Kier molecular flexibility index (Phi) is 4.73. The van der Waals surface area contributed by atoms with Crippen LogP contribution in [0.3, 0.4) is 0 Å². The van der Waals surface area contributed by atoms with Crippen LogP contribution in [0.5, 0.6) is 17.2 Å². The molecule has 0 atom stereocenters. The highest BCUT2D eigenvalue weighted by Gasteiger charge is 2.11. The predicted octanol–water partition coefficient (Wildman–Crippen LogP) is 2.55. The molecule has 0 unspecified atom stereocenters. The van der Waals surface area contributed by atoms with Crippen LogP contribution < -0.4 is 4.74 Å². The summed E-state index contributed by atoms with van der Waals surface area (Å²) in [7, 11) is 1.49. The minimum Gasteiger partial charge on any atom is -0.507 e. The van der Waals surface area contributed by atoms with Gasteiger partial charge in [-0.25, -0.2) is 4.39 Å². The molecule has 0 fully saturated rings. The zero-order valence-corrected chi connectivity index (χ0v) is 11.8. The van der Waals surface area contributed by atoms with Crippen molar-refractivity contribution in [3.8, 4) is 17.2 Å². The van der Waals surface area contributed by atoms with Crippen LogP contribution in [-0.4, -0.2) is 35.9 Å². The summed E-state index contributed by atoms with van der Waals surface area (Å²) < 4.78 is 18.1. The van der Waals surface area contributed by atoms with Crippen molar-refractivity contribution in [1.29, 1.82) is 0 Å². The molecule has 2 rings (SSSR count). The van der Waals surface area contributed by atoms with Crippen molar-refractivity contribution in [3.63, 3.8) is 0 Å². The number of ether oxygens (including phenoxy) is 1. The standard InChI is InChI=1S/C16H14FNO4/c1-22-12-3-5-14(19)10(6-12)8-18-9-16(21)13-7-11(17)2-4-15(13)20/h2-8,19-20H,9H2,1H3. The van der Waals surface area contributed by atoms with Gasteiger partial charge in [-0.05, 0) is 36.4 Å². The first-order valence-electron chi connectivity index (χ1n) is 6.40. The van der Waals surface area contributed by atoms with Crippen molar-refractivity contribution in [2.45, 2.75) is 0 Å². The van der Waals surface area contributed by atoms with Crippen LogP contribution >= 0.6 is 0 Å². The van der Waals surface area contributed by atoms with Crippen LogP contribution in [0.15, 0.2) is 41.4 Å². The lowest BCUT2D eigenvalue weighted by molar-refractivity contribution is 0.0999. The van der Waals surface area contributed by atoms with E-state index in [0.29, 0.717) is 11.3 Å². The lowest BCUT2D eigenvalue weighted by Gasteiger charge is -2.03. The van der Waals surface area contributed by atoms with E-state index in [-0.39, 0.29) is 23.6 Å². The number of rotatable bonds is 5. The second-order valence-electron chi connectivity index (χ2n) is 4.48. The van der Waals surface area contributed by atoms with Gasteiger partial charge in [-0.1, -0.05) is 0 Å². The smallest absolute Gasteiger partial charge is 0.188 e. The SMILES string of the molecule is COc1ccc(O)c(C=NCC(=O)c2cc(F)ccc2O)c1. The number of phenols is 2. The number of aromatic hydroxyl groups is 2. The molecule has 0 aliphatic carbocycles. The molecule has 2 N–H and O–H groups in total. The average Bonchev–Trinajstić information content (AvgIpc) is 2.51. The van der Waals surface area contributed by atoms with E-state index in [1.54, 1.807) is 12.1 Å². The second-order valence-corrected chi connectivity index (χ2v) is 4.48. The van der Waals surface area contributed by atoms with E-state index < -0.39 is 11.6 Å². The number of halogens is 1. The van der Waals surface area contributed by atoms with Crippen LogP contribution in [-0.2, 0) is 0 Å². The minimum absolute atomic E-state index is 0.00870. The molecule has 0 saturated carbocycles. The molecular formula is C16H14FNO4. The minimum atomic E-state index is -0.615. The topological polar surface area (TPSA) is 79.1 Å². The van der Waals surface area contributed by atoms with Gasteiger partial charge in [-0.2, -0.15) is 0 Å². The highest BCUT2D eigenvalue weighted by Crippen LogP contribution is 2.21. The Morgan fingerprint density at radius 3 is 2.68 bits per heavy atom. The fourth-order valence-corrected chi connectivity index (χ4v) is 1.81. The quantitative estimate of drug-likeness (QED) is 0.657. The third-order valence-electron chi connectivity index (χ3n) is 2.96. The van der Waals surface area contributed by atoms with Gasteiger partial charge in [0.05, 0.1) is 12.7 Å². The fraction of sp³-hybridized carbons (Fsp3) is 0.125. The molecule has 0 saturated heterocycles. The number of methoxy groups -OCH3 is 1. The molecule has 22 heavy (non-hydrogen) atoms. The van der Waals surface area contributed by atoms with Gasteiger partial charge in [0.15, 0.2) is 5.78 Å². The van der Waals surface area contributed by atoms with Crippen LogP contribution in [0.4, 0.5) is 4.39 Å². The van der Waals surface area contributed by atoms with E-state index in [4.69, 9.17) is 4.74 Å². The van der Waals surface area contributed by atoms with Crippen molar-refractivity contribution in [1.82, 2.24) is 0 Å². The fourth-order valence-electron chi connectivity index (χ4n) is 1.81. The van der Waals surface area contributed by atoms with Crippen molar-refractivity contribution < 1.29 is 24.1 Å². The molecular weight excluding hydrogens is 289 g/mol. The number of carbonyl (C=O) groups excluding carboxylic acids is 1. The maximum absolute atomic E-state index is 13.1. The molecule has 2 aromatic carbocycles. The Balaban J connectivity index is 2.12. The summed E-state index contributed by atoms with van der Waals surface area (Å²) in [6.07, 6.45) is 1.31. The monoisotopic (exact) mass is 303 g/mol. The van der Waals surface area contributed by atoms with E-state index in [9.17, 15) is 19.4 Å². The number of Topliss-reactive ketones (excluding diaryl/α,β-unsaturated/α-hetero) is 1. The summed E-state index contributed by atoms with van der Waals surface area (Å²) in [4.78, 5) is 15.8. The predicted molar refractivity (Wildman–Crippen MR) is 79.5 cm³/mol. The lowest BCUT2D eigenvalue weighted by atomic mass is 10.1. The van der Waals surface area contributed by atoms with E-state index >= 15 is 0 Å². The Hall–Kier alpha value is -2.89. The summed E-state index contributed by atoms with van der Waals surface area (Å²) in [6, 6.07) is 7.71. The molecule has 6 heteroatoms. The van der Waals surface area contributed by atoms with E-state index in [1.165, 1.54) is 19.4 Å². The molecule has 0 aromatic heterocycles. The number of hydrogen-bond acceptors (Lipinski definition) is 5. The molecule has 0 radical (unpaired) electrons. The molecule has 2 aromatic rings. The molecule has 0 amide bonds. The highest BCUT2D eigenvalue weighted by molar-refractivity contribution is 6.01. The van der Waals surface area contributed by atoms with Gasteiger partial charge in [0.2, 0.25) is 0 Å². The van der Waals surface area contributed by atoms with Crippen LogP contribution in [0.1, 0.15) is 15.9 Å². The van der Waals surface area contributed by atoms with Gasteiger partial charge in [0, 0.05) is 11.8 Å². The van der Waals surface area contributed by atoms with Gasteiger partial charge in [0.25, 0.3) is 0 Å². The first-order valence-corrected chi connectivity index (χ1v) is 6.40. The van der Waals surface area contributed by atoms with Crippen LogP contribution in [0, 0.1) is 5.82 Å². The molecule has 0 heterocycles. The second kappa shape index (κ2) is 6.71. The first-order chi connectivity index (χ1) is 10.5. The summed E-state index contributed by atoms with van der Waals surface area (Å²) in [5.41, 5.74) is 0.252. The third-order valence-corrected chi connectivity index (χ3v) is 2.96. The molecule has 5 nitrogen and oxygen atoms in total. The highest BCUT2D eigenvalue weighted by atomic mass is 19.1. The Bertz CT molecular complexity index is 728. The Morgan fingerprint density at radius 1 is 1.23 bits per heavy atom. The first kappa shape index (κ1) is 15.5. The van der Waals surface area contributed by atoms with Crippen LogP contribution in [0.25, 0.3) is 0 Å². The van der Waals surface area contributed by atoms with Crippen molar-refractivity contribution in [2.24, 2.45) is 4.99 Å². The lowest BCUT2D eigenvalue weighted by Crippen LogP contribution is -2.04. The van der Waals surface area contributed by atoms with E-state index in [2.05, 4.69) is 4.99 Å². The number of phenolic OH excluding ortho intramolecular Hbond substituents is 2. The maximum Gasteiger partial charge on any atom is 0.188 e. The molecule has 0 aliphatic heterocycles. The number of aliphatic imine (C=N–C) groups is 1. The van der Waals surface area contributed by atoms with Gasteiger partial charge >= 0.3 is 0 Å². The average molecular weight is 303 g/mol. The number of benzene rings is 2. The number of carbonyl (C=O) groups is 1. The van der Waals surface area contributed by atoms with Crippen LogP contribution in [0.2, 0.25) is 0 Å². The summed E-state index contributed by atoms with van der Waals surface area (Å²) >= 11 is 0. The molecule has 0 aliphatic rings. The Morgan fingerprint density at radius 2 is 1.95 bits per heavy atom. The largest absolute Gasteiger partial charge is 0.507 e. The van der Waals surface area contributed by atoms with Crippen molar-refractivity contribution >= 4 is 12.0 Å². The number of nitrogens with zero attached hydrogens (tertiary/aromatic N) is 1. The number of ketones is 1. The van der Waals surface area contributed by atoms with Crippen molar-refractivity contribution in [3.05, 3.63) is 53.3 Å². The van der Waals surface area contributed by atoms with Gasteiger partial charge < -0.3 is 14.9 Å². The van der Waals surface area contributed by atoms with Gasteiger partial charge in [-0.15, -0.1) is 0 Å².